The van der Waals surface area contributed by atoms with Crippen molar-refractivity contribution in [3.63, 3.8) is 0 Å². The van der Waals surface area contributed by atoms with E-state index in [0.717, 1.165) is 6.42 Å². The molecule has 0 radical (unpaired) electrons. The van der Waals surface area contributed by atoms with Gasteiger partial charge in [0.15, 0.2) is 0 Å². The van der Waals surface area contributed by atoms with Gasteiger partial charge >= 0.3 is 0 Å². The van der Waals surface area contributed by atoms with Gasteiger partial charge in [-0.15, -0.1) is 0 Å². The Bertz CT molecular complexity index is 112. The number of methoxy groups -OCH3 is 2. The van der Waals surface area contributed by atoms with Crippen LogP contribution in [-0.4, -0.2) is 37.6 Å². The topological polar surface area (TPSA) is 38.7 Å². The second kappa shape index (κ2) is 5.51. The van der Waals surface area contributed by atoms with Crippen molar-refractivity contribution < 1.29 is 14.6 Å². The monoisotopic (exact) mass is 176 g/mol. The summed E-state index contributed by atoms with van der Waals surface area (Å²) in [6.45, 7) is 4.45. The average Bonchev–Trinajstić information content (AvgIpc) is 2.05. The van der Waals surface area contributed by atoms with Gasteiger partial charge < -0.3 is 14.6 Å². The lowest BCUT2D eigenvalue weighted by atomic mass is 9.97. The van der Waals surface area contributed by atoms with Gasteiger partial charge in [0.25, 0.3) is 0 Å². The predicted molar refractivity (Wildman–Crippen MR) is 48.2 cm³/mol. The highest BCUT2D eigenvalue weighted by Gasteiger charge is 2.26. The first-order chi connectivity index (χ1) is 5.54. The van der Waals surface area contributed by atoms with Gasteiger partial charge in [-0.2, -0.15) is 0 Å². The van der Waals surface area contributed by atoms with Crippen LogP contribution in [0.5, 0.6) is 0 Å². The number of aliphatic hydroxyl groups excluding tert-OH is 1. The lowest BCUT2D eigenvalue weighted by Crippen LogP contribution is -2.38. The minimum absolute atomic E-state index is 0.419. The summed E-state index contributed by atoms with van der Waals surface area (Å²) in [5.41, 5.74) is -0.451. The summed E-state index contributed by atoms with van der Waals surface area (Å²) in [7, 11) is 3.27. The number of ether oxygens (including phenoxy) is 2. The zero-order valence-corrected chi connectivity index (χ0v) is 8.46. The maximum atomic E-state index is 9.62. The smallest absolute Gasteiger partial charge is 0.0880 e. The van der Waals surface area contributed by atoms with Crippen molar-refractivity contribution in [3.05, 3.63) is 0 Å². The zero-order valence-electron chi connectivity index (χ0n) is 8.46. The molecular weight excluding hydrogens is 156 g/mol. The van der Waals surface area contributed by atoms with Crippen molar-refractivity contribution >= 4 is 0 Å². The molecule has 0 aliphatic rings. The lowest BCUT2D eigenvalue weighted by Gasteiger charge is -2.28. The van der Waals surface area contributed by atoms with E-state index < -0.39 is 11.7 Å². The van der Waals surface area contributed by atoms with E-state index in [1.165, 1.54) is 0 Å². The number of hydrogen-bond acceptors (Lipinski definition) is 3. The molecule has 0 rings (SSSR count). The van der Waals surface area contributed by atoms with Crippen molar-refractivity contribution in [1.82, 2.24) is 0 Å². The van der Waals surface area contributed by atoms with Crippen molar-refractivity contribution in [3.8, 4) is 0 Å². The van der Waals surface area contributed by atoms with E-state index in [4.69, 9.17) is 9.47 Å². The molecule has 0 spiro atoms. The molecule has 0 fully saturated rings. The Morgan fingerprint density at radius 1 is 1.33 bits per heavy atom. The van der Waals surface area contributed by atoms with Gasteiger partial charge in [0.1, 0.15) is 0 Å². The molecule has 3 heteroatoms. The molecule has 0 aromatic carbocycles. The average molecular weight is 176 g/mol. The van der Waals surface area contributed by atoms with Crippen LogP contribution in [0, 0.1) is 0 Å². The Morgan fingerprint density at radius 3 is 2.33 bits per heavy atom. The van der Waals surface area contributed by atoms with Crippen LogP contribution in [0.2, 0.25) is 0 Å². The predicted octanol–water partition coefficient (Wildman–Crippen LogP) is 1.20. The van der Waals surface area contributed by atoms with E-state index in [0.29, 0.717) is 13.0 Å². The Morgan fingerprint density at radius 2 is 1.92 bits per heavy atom. The third-order valence-electron chi connectivity index (χ3n) is 2.15. The van der Waals surface area contributed by atoms with Gasteiger partial charge in [-0.1, -0.05) is 0 Å². The van der Waals surface area contributed by atoms with E-state index in [2.05, 4.69) is 0 Å². The molecule has 0 amide bonds. The molecule has 1 unspecified atom stereocenters. The summed E-state index contributed by atoms with van der Waals surface area (Å²) in [6.07, 6.45) is 1.16. The van der Waals surface area contributed by atoms with Crippen molar-refractivity contribution in [2.45, 2.75) is 38.4 Å². The van der Waals surface area contributed by atoms with Gasteiger partial charge in [-0.05, 0) is 26.7 Å². The maximum absolute atomic E-state index is 9.62. The second-order valence-corrected chi connectivity index (χ2v) is 3.46. The van der Waals surface area contributed by atoms with Gasteiger partial charge in [0.05, 0.1) is 11.7 Å². The molecule has 0 aliphatic carbocycles. The Balaban J connectivity index is 3.63. The van der Waals surface area contributed by atoms with Crippen LogP contribution in [0.3, 0.4) is 0 Å². The highest BCUT2D eigenvalue weighted by molar-refractivity contribution is 4.77. The molecule has 0 saturated carbocycles. The molecule has 0 aliphatic heterocycles. The molecule has 0 aromatic rings. The van der Waals surface area contributed by atoms with Gasteiger partial charge in [0, 0.05) is 20.8 Å². The van der Waals surface area contributed by atoms with Crippen LogP contribution in [-0.2, 0) is 9.47 Å². The molecule has 1 atom stereocenters. The summed E-state index contributed by atoms with van der Waals surface area (Å²) in [4.78, 5) is 0. The standard InChI is InChI=1S/C9H20O3/c1-9(2,12-4)8(10)6-5-7-11-3/h8,10H,5-7H2,1-4H3. The fraction of sp³-hybridized carbons (Fsp3) is 1.00. The first-order valence-electron chi connectivity index (χ1n) is 4.26. The maximum Gasteiger partial charge on any atom is 0.0880 e. The molecule has 0 aromatic heterocycles. The van der Waals surface area contributed by atoms with Crippen LogP contribution < -0.4 is 0 Å². The van der Waals surface area contributed by atoms with Gasteiger partial charge in [-0.25, -0.2) is 0 Å². The van der Waals surface area contributed by atoms with Crippen molar-refractivity contribution in [2.75, 3.05) is 20.8 Å². The molecule has 12 heavy (non-hydrogen) atoms. The molecule has 1 N–H and O–H groups in total. The molecular formula is C9H20O3. The first kappa shape index (κ1) is 11.9. The largest absolute Gasteiger partial charge is 0.390 e. The Hall–Kier alpha value is -0.120. The molecule has 0 bridgehead atoms. The highest BCUT2D eigenvalue weighted by Crippen LogP contribution is 2.17. The Kier molecular flexibility index (Phi) is 5.46. The third-order valence-corrected chi connectivity index (χ3v) is 2.15. The van der Waals surface area contributed by atoms with Crippen molar-refractivity contribution in [1.29, 1.82) is 0 Å². The van der Waals surface area contributed by atoms with Gasteiger partial charge in [0.2, 0.25) is 0 Å². The van der Waals surface area contributed by atoms with E-state index in [1.807, 2.05) is 13.8 Å². The van der Waals surface area contributed by atoms with Gasteiger partial charge in [-0.3, -0.25) is 0 Å². The SMILES string of the molecule is COCCCC(O)C(C)(C)OC. The number of aliphatic hydroxyl groups is 1. The zero-order chi connectivity index (χ0) is 9.61. The molecule has 74 valence electrons. The van der Waals surface area contributed by atoms with E-state index >= 15 is 0 Å². The summed E-state index contributed by atoms with van der Waals surface area (Å²) in [5.74, 6) is 0. The molecule has 0 heterocycles. The minimum atomic E-state index is -0.451. The quantitative estimate of drug-likeness (QED) is 0.618. The first-order valence-corrected chi connectivity index (χ1v) is 4.26. The van der Waals surface area contributed by atoms with E-state index in [9.17, 15) is 5.11 Å². The van der Waals surface area contributed by atoms with Crippen LogP contribution in [0.4, 0.5) is 0 Å². The third kappa shape index (κ3) is 4.04. The molecule has 0 saturated heterocycles. The van der Waals surface area contributed by atoms with Crippen LogP contribution in [0.25, 0.3) is 0 Å². The fourth-order valence-electron chi connectivity index (χ4n) is 0.905. The Labute approximate surface area is 74.7 Å². The summed E-state index contributed by atoms with van der Waals surface area (Å²) >= 11 is 0. The number of hydrogen-bond donors (Lipinski definition) is 1. The number of rotatable bonds is 6. The fourth-order valence-corrected chi connectivity index (χ4v) is 0.905. The van der Waals surface area contributed by atoms with Crippen LogP contribution >= 0.6 is 0 Å². The van der Waals surface area contributed by atoms with E-state index in [-0.39, 0.29) is 0 Å². The minimum Gasteiger partial charge on any atom is -0.390 e. The highest BCUT2D eigenvalue weighted by atomic mass is 16.5. The summed E-state index contributed by atoms with van der Waals surface area (Å²) in [5, 5.41) is 9.62. The van der Waals surface area contributed by atoms with Crippen LogP contribution in [0.15, 0.2) is 0 Å². The normalized spacial score (nSPS) is 14.8. The summed E-state index contributed by atoms with van der Waals surface area (Å²) in [6, 6.07) is 0. The van der Waals surface area contributed by atoms with Crippen LogP contribution in [0.1, 0.15) is 26.7 Å². The lowest BCUT2D eigenvalue weighted by molar-refractivity contribution is -0.0818. The summed E-state index contributed by atoms with van der Waals surface area (Å²) < 4.78 is 10.0. The van der Waals surface area contributed by atoms with E-state index in [1.54, 1.807) is 14.2 Å². The second-order valence-electron chi connectivity index (χ2n) is 3.46. The molecule has 3 nitrogen and oxygen atoms in total. The van der Waals surface area contributed by atoms with Crippen molar-refractivity contribution in [2.24, 2.45) is 0 Å².